The number of hydrogen-bond acceptors (Lipinski definition) is 5. The quantitative estimate of drug-likeness (QED) is 0.719. The molecule has 5 heteroatoms. The molecule has 0 amide bonds. The first kappa shape index (κ1) is 15.5. The van der Waals surface area contributed by atoms with Gasteiger partial charge in [-0.3, -0.25) is 0 Å². The van der Waals surface area contributed by atoms with Crippen LogP contribution in [0.5, 0.6) is 5.75 Å². The van der Waals surface area contributed by atoms with E-state index in [1.807, 2.05) is 12.1 Å². The van der Waals surface area contributed by atoms with Crippen molar-refractivity contribution < 1.29 is 9.26 Å². The summed E-state index contributed by atoms with van der Waals surface area (Å²) in [6.45, 7) is 6.48. The van der Waals surface area contributed by atoms with Gasteiger partial charge in [0, 0.05) is 13.0 Å². The largest absolute Gasteiger partial charge is 0.484 e. The zero-order valence-electron chi connectivity index (χ0n) is 12.8. The van der Waals surface area contributed by atoms with E-state index in [0.717, 1.165) is 43.9 Å². The van der Waals surface area contributed by atoms with E-state index in [1.165, 1.54) is 5.56 Å². The fourth-order valence-corrected chi connectivity index (χ4v) is 1.93. The first-order chi connectivity index (χ1) is 10.3. The fourth-order valence-electron chi connectivity index (χ4n) is 1.93. The molecular formula is C16H23N3O2. The van der Waals surface area contributed by atoms with Gasteiger partial charge in [0.15, 0.2) is 12.4 Å². The van der Waals surface area contributed by atoms with Crippen LogP contribution in [0.3, 0.4) is 0 Å². The van der Waals surface area contributed by atoms with E-state index in [4.69, 9.17) is 9.26 Å². The number of aromatic nitrogens is 2. The third-order valence-corrected chi connectivity index (χ3v) is 3.03. The Bertz CT molecular complexity index is 523. The third-order valence-electron chi connectivity index (χ3n) is 3.03. The average Bonchev–Trinajstić information content (AvgIpc) is 2.95. The number of nitrogens with zero attached hydrogens (tertiary/aromatic N) is 2. The van der Waals surface area contributed by atoms with Gasteiger partial charge in [-0.1, -0.05) is 31.1 Å². The molecule has 0 atom stereocenters. The molecule has 0 unspecified atom stereocenters. The van der Waals surface area contributed by atoms with Crippen molar-refractivity contribution in [1.29, 1.82) is 0 Å². The van der Waals surface area contributed by atoms with Crippen LogP contribution in [0.25, 0.3) is 0 Å². The zero-order chi connectivity index (χ0) is 14.9. The molecule has 21 heavy (non-hydrogen) atoms. The maximum absolute atomic E-state index is 5.65. The van der Waals surface area contributed by atoms with Gasteiger partial charge < -0.3 is 14.6 Å². The lowest BCUT2D eigenvalue weighted by Crippen LogP contribution is -2.13. The highest BCUT2D eigenvalue weighted by molar-refractivity contribution is 5.27. The Morgan fingerprint density at radius 1 is 1.14 bits per heavy atom. The SMILES string of the molecule is CCCNCc1ccc(OCc2nc(CCC)no2)cc1. The van der Waals surface area contributed by atoms with Crippen molar-refractivity contribution in [1.82, 2.24) is 15.5 Å². The summed E-state index contributed by atoms with van der Waals surface area (Å²) in [4.78, 5) is 4.27. The Hall–Kier alpha value is -1.88. The molecule has 0 saturated heterocycles. The highest BCUT2D eigenvalue weighted by Crippen LogP contribution is 2.14. The molecule has 2 aromatic rings. The van der Waals surface area contributed by atoms with Gasteiger partial charge in [-0.15, -0.1) is 0 Å². The van der Waals surface area contributed by atoms with Gasteiger partial charge in [-0.2, -0.15) is 4.98 Å². The van der Waals surface area contributed by atoms with Gasteiger partial charge in [-0.05, 0) is 37.1 Å². The number of hydrogen-bond donors (Lipinski definition) is 1. The summed E-state index contributed by atoms with van der Waals surface area (Å²) in [6, 6.07) is 8.06. The van der Waals surface area contributed by atoms with Gasteiger partial charge in [0.1, 0.15) is 5.75 Å². The van der Waals surface area contributed by atoms with Crippen molar-refractivity contribution >= 4 is 0 Å². The highest BCUT2D eigenvalue weighted by atomic mass is 16.5. The normalized spacial score (nSPS) is 10.8. The second-order valence-electron chi connectivity index (χ2n) is 4.96. The highest BCUT2D eigenvalue weighted by Gasteiger charge is 2.06. The standard InChI is InChI=1S/C16H23N3O2/c1-3-5-15-18-16(21-19-15)12-20-14-8-6-13(7-9-14)11-17-10-4-2/h6-9,17H,3-5,10-12H2,1-2H3. The van der Waals surface area contributed by atoms with Gasteiger partial charge in [0.25, 0.3) is 5.89 Å². The summed E-state index contributed by atoms with van der Waals surface area (Å²) in [6.07, 6.45) is 2.99. The molecule has 0 bridgehead atoms. The molecule has 0 radical (unpaired) electrons. The molecule has 5 nitrogen and oxygen atoms in total. The van der Waals surface area contributed by atoms with E-state index in [2.05, 4.69) is 41.4 Å². The van der Waals surface area contributed by atoms with Crippen molar-refractivity contribution in [3.63, 3.8) is 0 Å². The van der Waals surface area contributed by atoms with E-state index in [0.29, 0.717) is 12.5 Å². The van der Waals surface area contributed by atoms with E-state index < -0.39 is 0 Å². The van der Waals surface area contributed by atoms with Gasteiger partial charge >= 0.3 is 0 Å². The molecule has 0 aliphatic rings. The Morgan fingerprint density at radius 3 is 2.67 bits per heavy atom. The van der Waals surface area contributed by atoms with E-state index in [-0.39, 0.29) is 0 Å². The number of benzene rings is 1. The van der Waals surface area contributed by atoms with Crippen molar-refractivity contribution in [2.45, 2.75) is 46.3 Å². The minimum Gasteiger partial charge on any atom is -0.484 e. The predicted octanol–water partition coefficient (Wildman–Crippen LogP) is 3.10. The van der Waals surface area contributed by atoms with Crippen LogP contribution in [-0.2, 0) is 19.6 Å². The summed E-state index contributed by atoms with van der Waals surface area (Å²) in [7, 11) is 0. The van der Waals surface area contributed by atoms with Crippen molar-refractivity contribution in [2.24, 2.45) is 0 Å². The first-order valence-corrected chi connectivity index (χ1v) is 7.55. The molecule has 0 fully saturated rings. The Morgan fingerprint density at radius 2 is 1.95 bits per heavy atom. The molecular weight excluding hydrogens is 266 g/mol. The molecule has 1 aromatic carbocycles. The Balaban J connectivity index is 1.79. The summed E-state index contributed by atoms with van der Waals surface area (Å²) in [5.74, 6) is 2.07. The summed E-state index contributed by atoms with van der Waals surface area (Å²) < 4.78 is 10.8. The van der Waals surface area contributed by atoms with E-state index >= 15 is 0 Å². The maximum atomic E-state index is 5.65. The summed E-state index contributed by atoms with van der Waals surface area (Å²) in [5, 5.41) is 7.27. The smallest absolute Gasteiger partial charge is 0.264 e. The summed E-state index contributed by atoms with van der Waals surface area (Å²) in [5.41, 5.74) is 1.25. The molecule has 114 valence electrons. The van der Waals surface area contributed by atoms with Gasteiger partial charge in [0.05, 0.1) is 0 Å². The molecule has 1 aromatic heterocycles. The molecule has 1 N–H and O–H groups in total. The van der Waals surface area contributed by atoms with Crippen LogP contribution in [0.4, 0.5) is 0 Å². The molecule has 0 aliphatic carbocycles. The lowest BCUT2D eigenvalue weighted by Gasteiger charge is -2.06. The summed E-state index contributed by atoms with van der Waals surface area (Å²) >= 11 is 0. The Labute approximate surface area is 125 Å². The fraction of sp³-hybridized carbons (Fsp3) is 0.500. The third kappa shape index (κ3) is 5.19. The molecule has 1 heterocycles. The lowest BCUT2D eigenvalue weighted by molar-refractivity contribution is 0.242. The molecule has 0 aliphatic heterocycles. The lowest BCUT2D eigenvalue weighted by atomic mass is 10.2. The monoisotopic (exact) mass is 289 g/mol. The topological polar surface area (TPSA) is 60.2 Å². The molecule has 0 saturated carbocycles. The number of rotatable bonds is 9. The van der Waals surface area contributed by atoms with E-state index in [1.54, 1.807) is 0 Å². The van der Waals surface area contributed by atoms with Crippen LogP contribution >= 0.6 is 0 Å². The molecule has 0 spiro atoms. The predicted molar refractivity (Wildman–Crippen MR) is 81.1 cm³/mol. The van der Waals surface area contributed by atoms with Gasteiger partial charge in [-0.25, -0.2) is 0 Å². The second-order valence-corrected chi connectivity index (χ2v) is 4.96. The Kier molecular flexibility index (Phi) is 6.22. The first-order valence-electron chi connectivity index (χ1n) is 7.55. The minimum absolute atomic E-state index is 0.310. The van der Waals surface area contributed by atoms with Crippen molar-refractivity contribution in [3.8, 4) is 5.75 Å². The van der Waals surface area contributed by atoms with Crippen LogP contribution in [0.15, 0.2) is 28.8 Å². The molecule has 2 rings (SSSR count). The number of ether oxygens (including phenoxy) is 1. The van der Waals surface area contributed by atoms with Crippen LogP contribution in [0, 0.1) is 0 Å². The number of aryl methyl sites for hydroxylation is 1. The average molecular weight is 289 g/mol. The van der Waals surface area contributed by atoms with Crippen molar-refractivity contribution in [2.75, 3.05) is 6.54 Å². The zero-order valence-corrected chi connectivity index (χ0v) is 12.8. The van der Waals surface area contributed by atoms with Crippen LogP contribution < -0.4 is 10.1 Å². The number of nitrogens with one attached hydrogen (secondary N) is 1. The second kappa shape index (κ2) is 8.42. The van der Waals surface area contributed by atoms with Crippen LogP contribution in [0.1, 0.15) is 44.0 Å². The van der Waals surface area contributed by atoms with Crippen molar-refractivity contribution in [3.05, 3.63) is 41.5 Å². The maximum Gasteiger partial charge on any atom is 0.264 e. The van der Waals surface area contributed by atoms with Crippen LogP contribution in [-0.4, -0.2) is 16.7 Å². The van der Waals surface area contributed by atoms with Crippen LogP contribution in [0.2, 0.25) is 0 Å². The van der Waals surface area contributed by atoms with Gasteiger partial charge in [0.2, 0.25) is 0 Å². The minimum atomic E-state index is 0.310. The van der Waals surface area contributed by atoms with E-state index in [9.17, 15) is 0 Å².